The molecule has 0 aromatic carbocycles. The van der Waals surface area contributed by atoms with E-state index >= 15 is 0 Å². The van der Waals surface area contributed by atoms with Crippen molar-refractivity contribution in [3.63, 3.8) is 0 Å². The van der Waals surface area contributed by atoms with Crippen LogP contribution in [0, 0.1) is 0 Å². The van der Waals surface area contributed by atoms with Gasteiger partial charge in [0.2, 0.25) is 0 Å². The second kappa shape index (κ2) is 3.42. The molecule has 1 saturated heterocycles. The Bertz CT molecular complexity index is 287. The molecule has 0 unspecified atom stereocenters. The SMILES string of the molecule is Nc1cc(Cl)nc(N2CCCC2)c1. The third kappa shape index (κ3) is 1.86. The van der Waals surface area contributed by atoms with E-state index in [1.54, 1.807) is 6.07 Å². The molecular formula is C9H12ClN3. The molecule has 0 saturated carbocycles. The quantitative estimate of drug-likeness (QED) is 0.700. The molecule has 1 aliphatic heterocycles. The molecule has 3 nitrogen and oxygen atoms in total. The van der Waals surface area contributed by atoms with Gasteiger partial charge in [-0.05, 0) is 18.9 Å². The number of hydrogen-bond donors (Lipinski definition) is 1. The van der Waals surface area contributed by atoms with Gasteiger partial charge in [-0.1, -0.05) is 11.6 Å². The van der Waals surface area contributed by atoms with Crippen molar-refractivity contribution in [3.05, 3.63) is 17.3 Å². The Morgan fingerprint density at radius 3 is 2.62 bits per heavy atom. The number of aromatic nitrogens is 1. The van der Waals surface area contributed by atoms with Crippen molar-refractivity contribution in [1.29, 1.82) is 0 Å². The monoisotopic (exact) mass is 197 g/mol. The lowest BCUT2D eigenvalue weighted by molar-refractivity contribution is 0.938. The molecule has 0 amide bonds. The zero-order chi connectivity index (χ0) is 9.26. The normalized spacial score (nSPS) is 16.5. The molecule has 1 aromatic heterocycles. The Labute approximate surface area is 82.5 Å². The van der Waals surface area contributed by atoms with Crippen molar-refractivity contribution < 1.29 is 0 Å². The number of hydrogen-bond acceptors (Lipinski definition) is 3. The van der Waals surface area contributed by atoms with Crippen LogP contribution in [0.2, 0.25) is 5.15 Å². The first-order valence-corrected chi connectivity index (χ1v) is 4.81. The maximum Gasteiger partial charge on any atom is 0.133 e. The summed E-state index contributed by atoms with van der Waals surface area (Å²) >= 11 is 5.81. The highest BCUT2D eigenvalue weighted by Gasteiger charge is 2.13. The molecule has 0 aliphatic carbocycles. The fourth-order valence-corrected chi connectivity index (χ4v) is 1.82. The molecule has 2 N–H and O–H groups in total. The smallest absolute Gasteiger partial charge is 0.133 e. The average molecular weight is 198 g/mol. The number of nitrogen functional groups attached to an aromatic ring is 1. The minimum absolute atomic E-state index is 0.474. The van der Waals surface area contributed by atoms with Crippen LogP contribution in [0.25, 0.3) is 0 Å². The third-order valence-corrected chi connectivity index (χ3v) is 2.43. The van der Waals surface area contributed by atoms with E-state index < -0.39 is 0 Å². The van der Waals surface area contributed by atoms with Crippen molar-refractivity contribution >= 4 is 23.1 Å². The van der Waals surface area contributed by atoms with Crippen LogP contribution >= 0.6 is 11.6 Å². The fraction of sp³-hybridized carbons (Fsp3) is 0.444. The van der Waals surface area contributed by atoms with Gasteiger partial charge in [-0.25, -0.2) is 4.98 Å². The lowest BCUT2D eigenvalue weighted by Gasteiger charge is -2.16. The van der Waals surface area contributed by atoms with Gasteiger partial charge in [0.25, 0.3) is 0 Å². The van der Waals surface area contributed by atoms with E-state index in [-0.39, 0.29) is 0 Å². The Morgan fingerprint density at radius 2 is 2.00 bits per heavy atom. The molecule has 0 bridgehead atoms. The summed E-state index contributed by atoms with van der Waals surface area (Å²) in [6.07, 6.45) is 2.46. The van der Waals surface area contributed by atoms with Crippen LogP contribution in [0.1, 0.15) is 12.8 Å². The van der Waals surface area contributed by atoms with Crippen LogP contribution in [-0.2, 0) is 0 Å². The standard InChI is InChI=1S/C9H12ClN3/c10-8-5-7(11)6-9(12-8)13-3-1-2-4-13/h5-6H,1-4H2,(H2,11,12). The van der Waals surface area contributed by atoms with E-state index in [9.17, 15) is 0 Å². The summed E-state index contributed by atoms with van der Waals surface area (Å²) in [6, 6.07) is 3.54. The molecule has 2 rings (SSSR count). The Kier molecular flexibility index (Phi) is 2.27. The van der Waals surface area contributed by atoms with E-state index in [2.05, 4.69) is 9.88 Å². The summed E-state index contributed by atoms with van der Waals surface area (Å²) in [5.41, 5.74) is 6.36. The lowest BCUT2D eigenvalue weighted by Crippen LogP contribution is -2.19. The van der Waals surface area contributed by atoms with E-state index in [0.717, 1.165) is 18.9 Å². The molecule has 0 radical (unpaired) electrons. The van der Waals surface area contributed by atoms with Gasteiger partial charge in [0.1, 0.15) is 11.0 Å². The number of nitrogens with zero attached hydrogens (tertiary/aromatic N) is 2. The number of halogens is 1. The van der Waals surface area contributed by atoms with Crippen LogP contribution in [0.15, 0.2) is 12.1 Å². The molecule has 1 aromatic rings. The van der Waals surface area contributed by atoms with Crippen LogP contribution < -0.4 is 10.6 Å². The van der Waals surface area contributed by atoms with Gasteiger partial charge in [-0.2, -0.15) is 0 Å². The van der Waals surface area contributed by atoms with Gasteiger partial charge in [-0.3, -0.25) is 0 Å². The van der Waals surface area contributed by atoms with Crippen molar-refractivity contribution in [1.82, 2.24) is 4.98 Å². The van der Waals surface area contributed by atoms with Crippen LogP contribution in [0.4, 0.5) is 11.5 Å². The van der Waals surface area contributed by atoms with Crippen molar-refractivity contribution in [2.75, 3.05) is 23.7 Å². The van der Waals surface area contributed by atoms with Gasteiger partial charge in [0.05, 0.1) is 0 Å². The number of nitrogens with two attached hydrogens (primary N) is 1. The predicted octanol–water partition coefficient (Wildman–Crippen LogP) is 1.92. The summed E-state index contributed by atoms with van der Waals surface area (Å²) in [7, 11) is 0. The Hall–Kier alpha value is -0.960. The summed E-state index contributed by atoms with van der Waals surface area (Å²) in [6.45, 7) is 2.12. The van der Waals surface area contributed by atoms with Gasteiger partial charge in [0, 0.05) is 24.8 Å². The maximum atomic E-state index is 5.81. The minimum Gasteiger partial charge on any atom is -0.399 e. The zero-order valence-corrected chi connectivity index (χ0v) is 8.09. The van der Waals surface area contributed by atoms with Crippen LogP contribution in [0.5, 0.6) is 0 Å². The number of rotatable bonds is 1. The molecule has 0 spiro atoms. The van der Waals surface area contributed by atoms with Gasteiger partial charge >= 0.3 is 0 Å². The van der Waals surface area contributed by atoms with Crippen molar-refractivity contribution in [3.8, 4) is 0 Å². The van der Waals surface area contributed by atoms with Gasteiger partial charge in [-0.15, -0.1) is 0 Å². The van der Waals surface area contributed by atoms with E-state index in [1.165, 1.54) is 12.8 Å². The Balaban J connectivity index is 2.28. The first kappa shape index (κ1) is 8.63. The lowest BCUT2D eigenvalue weighted by atomic mass is 10.4. The first-order valence-electron chi connectivity index (χ1n) is 4.44. The van der Waals surface area contributed by atoms with Crippen molar-refractivity contribution in [2.45, 2.75) is 12.8 Å². The third-order valence-electron chi connectivity index (χ3n) is 2.23. The summed E-state index contributed by atoms with van der Waals surface area (Å²) in [5.74, 6) is 0.905. The highest BCUT2D eigenvalue weighted by molar-refractivity contribution is 6.29. The van der Waals surface area contributed by atoms with E-state index in [1.807, 2.05) is 6.07 Å². The molecular weight excluding hydrogens is 186 g/mol. The zero-order valence-electron chi connectivity index (χ0n) is 7.33. The largest absolute Gasteiger partial charge is 0.399 e. The second-order valence-electron chi connectivity index (χ2n) is 3.28. The molecule has 1 aliphatic rings. The first-order chi connectivity index (χ1) is 6.25. The van der Waals surface area contributed by atoms with E-state index in [4.69, 9.17) is 17.3 Å². The van der Waals surface area contributed by atoms with Crippen LogP contribution in [-0.4, -0.2) is 18.1 Å². The predicted molar refractivity (Wildman–Crippen MR) is 55.1 cm³/mol. The van der Waals surface area contributed by atoms with Crippen LogP contribution in [0.3, 0.4) is 0 Å². The van der Waals surface area contributed by atoms with Crippen molar-refractivity contribution in [2.24, 2.45) is 0 Å². The minimum atomic E-state index is 0.474. The molecule has 1 fully saturated rings. The topological polar surface area (TPSA) is 42.1 Å². The van der Waals surface area contributed by atoms with Gasteiger partial charge < -0.3 is 10.6 Å². The maximum absolute atomic E-state index is 5.81. The highest BCUT2D eigenvalue weighted by atomic mass is 35.5. The Morgan fingerprint density at radius 1 is 1.31 bits per heavy atom. The number of pyridine rings is 1. The molecule has 13 heavy (non-hydrogen) atoms. The second-order valence-corrected chi connectivity index (χ2v) is 3.66. The van der Waals surface area contributed by atoms with E-state index in [0.29, 0.717) is 10.8 Å². The fourth-order valence-electron chi connectivity index (χ4n) is 1.61. The summed E-state index contributed by atoms with van der Waals surface area (Å²) in [5, 5.41) is 0.474. The molecule has 0 atom stereocenters. The average Bonchev–Trinajstić information content (AvgIpc) is 2.53. The summed E-state index contributed by atoms with van der Waals surface area (Å²) < 4.78 is 0. The van der Waals surface area contributed by atoms with Gasteiger partial charge in [0.15, 0.2) is 0 Å². The highest BCUT2D eigenvalue weighted by Crippen LogP contribution is 2.22. The molecule has 4 heteroatoms. The molecule has 2 heterocycles. The number of anilines is 2. The summed E-state index contributed by atoms with van der Waals surface area (Å²) in [4.78, 5) is 6.44. The molecule has 70 valence electrons.